The molecule has 1 aliphatic heterocycles. The van der Waals surface area contributed by atoms with Crippen molar-refractivity contribution in [2.75, 3.05) is 21.3 Å². The predicted molar refractivity (Wildman–Crippen MR) is 134 cm³/mol. The molecule has 5 rings (SSSR count). The molecule has 0 bridgehead atoms. The van der Waals surface area contributed by atoms with Crippen molar-refractivity contribution in [3.63, 3.8) is 0 Å². The molecule has 8 nitrogen and oxygen atoms in total. The van der Waals surface area contributed by atoms with Crippen molar-refractivity contribution >= 4 is 16.9 Å². The third kappa shape index (κ3) is 3.66. The minimum atomic E-state index is -0.733. The van der Waals surface area contributed by atoms with Crippen molar-refractivity contribution in [3.05, 3.63) is 92.6 Å². The Kier molecular flexibility index (Phi) is 5.88. The Labute approximate surface area is 208 Å². The van der Waals surface area contributed by atoms with E-state index in [-0.39, 0.29) is 29.2 Å². The van der Waals surface area contributed by atoms with Crippen LogP contribution in [-0.2, 0) is 6.54 Å². The van der Waals surface area contributed by atoms with E-state index in [1.54, 1.807) is 41.6 Å². The number of methoxy groups -OCH3 is 3. The zero-order valence-electron chi connectivity index (χ0n) is 20.7. The Morgan fingerprint density at radius 2 is 1.72 bits per heavy atom. The molecule has 0 radical (unpaired) electrons. The fraction of sp³-hybridized carbons (Fsp3) is 0.250. The van der Waals surface area contributed by atoms with E-state index < -0.39 is 6.04 Å². The number of carbonyl (C=O) groups excluding carboxylic acids is 1. The fourth-order valence-corrected chi connectivity index (χ4v) is 4.93. The van der Waals surface area contributed by atoms with Crippen LogP contribution in [0.25, 0.3) is 11.0 Å². The van der Waals surface area contributed by atoms with Gasteiger partial charge in [0.2, 0.25) is 11.5 Å². The number of aryl methyl sites for hydroxylation is 2. The second-order valence-corrected chi connectivity index (χ2v) is 8.79. The molecule has 3 heterocycles. The quantitative estimate of drug-likeness (QED) is 0.394. The maximum Gasteiger partial charge on any atom is 0.291 e. The van der Waals surface area contributed by atoms with Gasteiger partial charge in [-0.3, -0.25) is 14.6 Å². The SMILES string of the molecule is COc1cc(C2c3c(oc4c(C)cc(C)cc4c3=O)C(=O)N2Cc2cccnc2)cc(OC)c1OC. The first-order valence-electron chi connectivity index (χ1n) is 11.5. The molecule has 0 saturated heterocycles. The first kappa shape index (κ1) is 23.4. The summed E-state index contributed by atoms with van der Waals surface area (Å²) in [5, 5.41) is 0.444. The summed E-state index contributed by atoms with van der Waals surface area (Å²) in [6.45, 7) is 4.02. The van der Waals surface area contributed by atoms with Gasteiger partial charge in [0.15, 0.2) is 16.9 Å². The maximum absolute atomic E-state index is 13.9. The van der Waals surface area contributed by atoms with Crippen LogP contribution in [0.4, 0.5) is 0 Å². The molecule has 184 valence electrons. The topological polar surface area (TPSA) is 91.1 Å². The van der Waals surface area contributed by atoms with Gasteiger partial charge in [-0.2, -0.15) is 0 Å². The summed E-state index contributed by atoms with van der Waals surface area (Å²) in [6, 6.07) is 10.2. The summed E-state index contributed by atoms with van der Waals surface area (Å²) in [6.07, 6.45) is 3.37. The molecule has 36 heavy (non-hydrogen) atoms. The monoisotopic (exact) mass is 486 g/mol. The van der Waals surface area contributed by atoms with Gasteiger partial charge in [-0.05, 0) is 60.4 Å². The zero-order chi connectivity index (χ0) is 25.6. The first-order chi connectivity index (χ1) is 17.4. The standard InChI is InChI=1S/C28H26N2O6/c1-15-9-16(2)25-19(10-15)24(31)22-23(18-11-20(33-3)26(35-5)21(12-18)34-4)30(28(32)27(22)36-25)14-17-7-6-8-29-13-17/h6-13,23H,14H2,1-5H3. The highest BCUT2D eigenvalue weighted by Gasteiger charge is 2.43. The van der Waals surface area contributed by atoms with Crippen LogP contribution in [-0.4, -0.2) is 37.1 Å². The Bertz CT molecular complexity index is 1520. The van der Waals surface area contributed by atoms with Crippen molar-refractivity contribution in [3.8, 4) is 17.2 Å². The highest BCUT2D eigenvalue weighted by molar-refractivity contribution is 5.99. The molecule has 1 unspecified atom stereocenters. The van der Waals surface area contributed by atoms with Gasteiger partial charge in [-0.15, -0.1) is 0 Å². The Balaban J connectivity index is 1.80. The summed E-state index contributed by atoms with van der Waals surface area (Å²) in [4.78, 5) is 33.5. The van der Waals surface area contributed by atoms with E-state index in [0.29, 0.717) is 33.8 Å². The molecule has 1 amide bonds. The Hall–Kier alpha value is -4.33. The number of carbonyl (C=O) groups is 1. The summed E-state index contributed by atoms with van der Waals surface area (Å²) >= 11 is 0. The van der Waals surface area contributed by atoms with Crippen LogP contribution in [0, 0.1) is 13.8 Å². The number of hydrogen-bond donors (Lipinski definition) is 0. The van der Waals surface area contributed by atoms with E-state index >= 15 is 0 Å². The molecule has 0 aliphatic carbocycles. The zero-order valence-corrected chi connectivity index (χ0v) is 20.7. The van der Waals surface area contributed by atoms with Gasteiger partial charge < -0.3 is 23.5 Å². The number of pyridine rings is 1. The van der Waals surface area contributed by atoms with Crippen molar-refractivity contribution in [2.24, 2.45) is 0 Å². The summed E-state index contributed by atoms with van der Waals surface area (Å²) in [7, 11) is 4.57. The molecule has 2 aromatic heterocycles. The number of rotatable bonds is 6. The molecule has 0 N–H and O–H groups in total. The molecule has 0 spiro atoms. The smallest absolute Gasteiger partial charge is 0.291 e. The normalized spacial score (nSPS) is 14.8. The molecular formula is C28H26N2O6. The second-order valence-electron chi connectivity index (χ2n) is 8.79. The van der Waals surface area contributed by atoms with Crippen LogP contribution < -0.4 is 19.6 Å². The van der Waals surface area contributed by atoms with E-state index in [0.717, 1.165) is 16.7 Å². The molecule has 8 heteroatoms. The average Bonchev–Trinajstić information content (AvgIpc) is 3.16. The van der Waals surface area contributed by atoms with Gasteiger partial charge >= 0.3 is 0 Å². The number of aromatic nitrogens is 1. The van der Waals surface area contributed by atoms with Crippen LogP contribution in [0.3, 0.4) is 0 Å². The van der Waals surface area contributed by atoms with Crippen LogP contribution in [0.15, 0.2) is 58.0 Å². The third-order valence-electron chi connectivity index (χ3n) is 6.48. The Morgan fingerprint density at radius 3 is 2.33 bits per heavy atom. The minimum Gasteiger partial charge on any atom is -0.493 e. The molecule has 4 aromatic rings. The van der Waals surface area contributed by atoms with Gasteiger partial charge in [0.25, 0.3) is 5.91 Å². The second kappa shape index (κ2) is 9.03. The predicted octanol–water partition coefficient (Wildman–Crippen LogP) is 4.58. The highest BCUT2D eigenvalue weighted by atomic mass is 16.5. The third-order valence-corrected chi connectivity index (χ3v) is 6.48. The largest absolute Gasteiger partial charge is 0.493 e. The summed E-state index contributed by atoms with van der Waals surface area (Å²) < 4.78 is 22.8. The summed E-state index contributed by atoms with van der Waals surface area (Å²) in [5.41, 5.74) is 3.66. The maximum atomic E-state index is 13.9. The van der Waals surface area contributed by atoms with Crippen molar-refractivity contribution in [1.29, 1.82) is 0 Å². The van der Waals surface area contributed by atoms with Crippen molar-refractivity contribution in [1.82, 2.24) is 9.88 Å². The lowest BCUT2D eigenvalue weighted by Gasteiger charge is -2.26. The number of ether oxygens (including phenoxy) is 3. The van der Waals surface area contributed by atoms with Gasteiger partial charge in [0.1, 0.15) is 5.58 Å². The van der Waals surface area contributed by atoms with Gasteiger partial charge in [0.05, 0.1) is 38.3 Å². The number of amides is 1. The number of fused-ring (bicyclic) bond motifs is 2. The molecule has 1 aliphatic rings. The number of nitrogens with zero attached hydrogens (tertiary/aromatic N) is 2. The molecule has 1 atom stereocenters. The van der Waals surface area contributed by atoms with Crippen LogP contribution >= 0.6 is 0 Å². The van der Waals surface area contributed by atoms with Crippen LogP contribution in [0.1, 0.15) is 44.4 Å². The van der Waals surface area contributed by atoms with E-state index in [1.165, 1.54) is 21.3 Å². The number of hydrogen-bond acceptors (Lipinski definition) is 7. The molecular weight excluding hydrogens is 460 g/mol. The van der Waals surface area contributed by atoms with E-state index in [2.05, 4.69) is 4.98 Å². The van der Waals surface area contributed by atoms with E-state index in [9.17, 15) is 9.59 Å². The van der Waals surface area contributed by atoms with Gasteiger partial charge in [-0.1, -0.05) is 12.1 Å². The molecule has 0 fully saturated rings. The molecule has 2 aromatic carbocycles. The van der Waals surface area contributed by atoms with E-state index in [4.69, 9.17) is 18.6 Å². The minimum absolute atomic E-state index is 0.0436. The number of benzene rings is 2. The Morgan fingerprint density at radius 1 is 1.00 bits per heavy atom. The first-order valence-corrected chi connectivity index (χ1v) is 11.5. The van der Waals surface area contributed by atoms with Crippen LogP contribution in [0.5, 0.6) is 17.2 Å². The average molecular weight is 487 g/mol. The van der Waals surface area contributed by atoms with Gasteiger partial charge in [0, 0.05) is 18.9 Å². The van der Waals surface area contributed by atoms with Crippen LogP contribution in [0.2, 0.25) is 0 Å². The lowest BCUT2D eigenvalue weighted by atomic mass is 9.96. The van der Waals surface area contributed by atoms with E-state index in [1.807, 2.05) is 26.0 Å². The van der Waals surface area contributed by atoms with Crippen molar-refractivity contribution in [2.45, 2.75) is 26.4 Å². The molecule has 0 saturated carbocycles. The van der Waals surface area contributed by atoms with Crippen molar-refractivity contribution < 1.29 is 23.4 Å². The fourth-order valence-electron chi connectivity index (χ4n) is 4.93. The summed E-state index contributed by atoms with van der Waals surface area (Å²) in [5.74, 6) is 0.939. The van der Waals surface area contributed by atoms with Gasteiger partial charge in [-0.25, -0.2) is 0 Å². The lowest BCUT2D eigenvalue weighted by molar-refractivity contribution is 0.0713. The lowest BCUT2D eigenvalue weighted by Crippen LogP contribution is -2.29. The highest BCUT2D eigenvalue weighted by Crippen LogP contribution is 2.45.